The maximum Gasteiger partial charge on any atom is 0.217 e. The molecule has 32 heavy (non-hydrogen) atoms. The third-order valence-electron chi connectivity index (χ3n) is 4.54. The van der Waals surface area contributed by atoms with Crippen LogP contribution in [-0.4, -0.2) is 32.6 Å². The number of thioether (sulfide) groups is 1. The van der Waals surface area contributed by atoms with Crippen LogP contribution in [0.1, 0.15) is 21.5 Å². The van der Waals surface area contributed by atoms with Crippen LogP contribution in [-0.2, 0) is 11.3 Å². The van der Waals surface area contributed by atoms with Crippen LogP contribution in [0.15, 0.2) is 78.0 Å². The molecule has 4 rings (SSSR count). The van der Waals surface area contributed by atoms with Crippen LogP contribution >= 0.6 is 23.1 Å². The van der Waals surface area contributed by atoms with Crippen molar-refractivity contribution >= 4 is 34.8 Å². The molecule has 1 N–H and O–H groups in total. The van der Waals surface area contributed by atoms with E-state index in [0.29, 0.717) is 22.3 Å². The molecule has 0 radical (unpaired) electrons. The lowest BCUT2D eigenvalue weighted by atomic mass is 10.0. The van der Waals surface area contributed by atoms with Crippen LogP contribution < -0.4 is 5.32 Å². The van der Waals surface area contributed by atoms with E-state index in [2.05, 4.69) is 15.5 Å². The summed E-state index contributed by atoms with van der Waals surface area (Å²) in [4.78, 5) is 30.0. The number of carbonyl (C=O) groups is 2. The molecule has 0 aliphatic carbocycles. The second-order valence-electron chi connectivity index (χ2n) is 6.91. The van der Waals surface area contributed by atoms with Crippen molar-refractivity contribution < 1.29 is 9.59 Å². The van der Waals surface area contributed by atoms with Crippen molar-refractivity contribution in [2.24, 2.45) is 0 Å². The van der Waals surface area contributed by atoms with E-state index in [1.807, 2.05) is 66.7 Å². The maximum atomic E-state index is 12.6. The van der Waals surface area contributed by atoms with Crippen LogP contribution in [0.3, 0.4) is 0 Å². The predicted molar refractivity (Wildman–Crippen MR) is 128 cm³/mol. The molecule has 0 aliphatic rings. The standard InChI is InChI=1S/C24H20N4O2S2/c1-16(29)25-14-19-12-13-21(32-19)20(30)15-31-24-26-22(17-8-4-2-5-9-17)23(27-28-24)18-10-6-3-7-11-18/h2-13H,14-15H2,1H3,(H,25,29). The summed E-state index contributed by atoms with van der Waals surface area (Å²) in [5.41, 5.74) is 3.31. The fraction of sp³-hybridized carbons (Fsp3) is 0.125. The molecule has 1 amide bonds. The Labute approximate surface area is 194 Å². The van der Waals surface area contributed by atoms with Gasteiger partial charge in [0.25, 0.3) is 0 Å². The zero-order chi connectivity index (χ0) is 22.3. The summed E-state index contributed by atoms with van der Waals surface area (Å²) in [5, 5.41) is 11.9. The average molecular weight is 461 g/mol. The number of amides is 1. The fourth-order valence-electron chi connectivity index (χ4n) is 3.00. The van der Waals surface area contributed by atoms with Crippen LogP contribution in [0.4, 0.5) is 0 Å². The highest BCUT2D eigenvalue weighted by atomic mass is 32.2. The van der Waals surface area contributed by atoms with Crippen molar-refractivity contribution in [3.8, 4) is 22.5 Å². The van der Waals surface area contributed by atoms with E-state index in [1.165, 1.54) is 30.0 Å². The van der Waals surface area contributed by atoms with Gasteiger partial charge in [-0.3, -0.25) is 9.59 Å². The lowest BCUT2D eigenvalue weighted by Crippen LogP contribution is -2.18. The largest absolute Gasteiger partial charge is 0.351 e. The van der Waals surface area contributed by atoms with Crippen molar-refractivity contribution in [1.82, 2.24) is 20.5 Å². The fourth-order valence-corrected chi connectivity index (χ4v) is 4.64. The molecule has 0 saturated heterocycles. The molecule has 0 saturated carbocycles. The number of ketones is 1. The Hall–Kier alpha value is -3.36. The second kappa shape index (κ2) is 10.3. The number of hydrogen-bond donors (Lipinski definition) is 1. The van der Waals surface area contributed by atoms with Gasteiger partial charge >= 0.3 is 0 Å². The normalized spacial score (nSPS) is 10.7. The third-order valence-corrected chi connectivity index (χ3v) is 6.51. The Morgan fingerprint density at radius 2 is 1.53 bits per heavy atom. The number of benzene rings is 2. The van der Waals surface area contributed by atoms with E-state index in [9.17, 15) is 9.59 Å². The van der Waals surface area contributed by atoms with E-state index in [1.54, 1.807) is 6.07 Å². The quantitative estimate of drug-likeness (QED) is 0.298. The Morgan fingerprint density at radius 1 is 0.875 bits per heavy atom. The van der Waals surface area contributed by atoms with Crippen LogP contribution in [0.25, 0.3) is 22.5 Å². The Morgan fingerprint density at radius 3 is 2.19 bits per heavy atom. The molecule has 0 atom stereocenters. The van der Waals surface area contributed by atoms with E-state index < -0.39 is 0 Å². The Balaban J connectivity index is 1.52. The zero-order valence-electron chi connectivity index (χ0n) is 17.3. The van der Waals surface area contributed by atoms with Gasteiger partial charge in [0, 0.05) is 22.9 Å². The molecule has 0 bridgehead atoms. The van der Waals surface area contributed by atoms with E-state index >= 15 is 0 Å². The molecule has 6 nitrogen and oxygen atoms in total. The monoisotopic (exact) mass is 460 g/mol. The summed E-state index contributed by atoms with van der Waals surface area (Å²) < 4.78 is 0. The molecule has 2 heterocycles. The zero-order valence-corrected chi connectivity index (χ0v) is 19.0. The van der Waals surface area contributed by atoms with Gasteiger partial charge in [-0.1, -0.05) is 72.4 Å². The van der Waals surface area contributed by atoms with Gasteiger partial charge in [0.05, 0.1) is 17.2 Å². The summed E-state index contributed by atoms with van der Waals surface area (Å²) in [6.07, 6.45) is 0. The number of nitrogens with one attached hydrogen (secondary N) is 1. The van der Waals surface area contributed by atoms with Crippen molar-refractivity contribution in [2.75, 3.05) is 5.75 Å². The summed E-state index contributed by atoms with van der Waals surface area (Å²) >= 11 is 2.65. The lowest BCUT2D eigenvalue weighted by molar-refractivity contribution is -0.119. The van der Waals surface area contributed by atoms with Gasteiger partial charge in [-0.25, -0.2) is 4.98 Å². The second-order valence-corrected chi connectivity index (χ2v) is 9.02. The Kier molecular flexibility index (Phi) is 7.03. The highest BCUT2D eigenvalue weighted by molar-refractivity contribution is 7.99. The first-order valence-electron chi connectivity index (χ1n) is 9.95. The number of thiophene rings is 1. The molecule has 0 aliphatic heterocycles. The number of aromatic nitrogens is 3. The highest BCUT2D eigenvalue weighted by Gasteiger charge is 2.16. The predicted octanol–water partition coefficient (Wildman–Crippen LogP) is 4.88. The van der Waals surface area contributed by atoms with Gasteiger partial charge in [-0.15, -0.1) is 21.5 Å². The van der Waals surface area contributed by atoms with E-state index in [-0.39, 0.29) is 17.4 Å². The maximum absolute atomic E-state index is 12.6. The first-order chi connectivity index (χ1) is 15.6. The lowest BCUT2D eigenvalue weighted by Gasteiger charge is -2.09. The molecule has 4 aromatic rings. The van der Waals surface area contributed by atoms with Crippen molar-refractivity contribution in [1.29, 1.82) is 0 Å². The van der Waals surface area contributed by atoms with Crippen LogP contribution in [0.2, 0.25) is 0 Å². The van der Waals surface area contributed by atoms with Crippen molar-refractivity contribution in [3.05, 3.63) is 82.6 Å². The molecule has 8 heteroatoms. The van der Waals surface area contributed by atoms with Gasteiger partial charge in [-0.2, -0.15) is 0 Å². The van der Waals surface area contributed by atoms with Gasteiger partial charge in [0.15, 0.2) is 5.78 Å². The number of rotatable bonds is 8. The Bertz CT molecular complexity index is 1230. The molecule has 2 aromatic heterocycles. The topological polar surface area (TPSA) is 84.8 Å². The van der Waals surface area contributed by atoms with E-state index in [0.717, 1.165) is 21.7 Å². The van der Waals surface area contributed by atoms with Crippen molar-refractivity contribution in [3.63, 3.8) is 0 Å². The van der Waals surface area contributed by atoms with Gasteiger partial charge in [0.2, 0.25) is 11.1 Å². The van der Waals surface area contributed by atoms with Gasteiger partial charge < -0.3 is 5.32 Å². The number of Topliss-reactive ketones (excluding diaryl/α,β-unsaturated/α-hetero) is 1. The van der Waals surface area contributed by atoms with Crippen LogP contribution in [0.5, 0.6) is 0 Å². The molecular formula is C24H20N4O2S2. The minimum Gasteiger partial charge on any atom is -0.351 e. The molecule has 160 valence electrons. The highest BCUT2D eigenvalue weighted by Crippen LogP contribution is 2.30. The summed E-state index contributed by atoms with van der Waals surface area (Å²) in [5.74, 6) is 0.103. The average Bonchev–Trinajstić information content (AvgIpc) is 3.31. The first kappa shape index (κ1) is 21.9. The molecule has 0 unspecified atom stereocenters. The third kappa shape index (κ3) is 5.46. The van der Waals surface area contributed by atoms with Gasteiger partial charge in [0.1, 0.15) is 11.4 Å². The summed E-state index contributed by atoms with van der Waals surface area (Å²) in [7, 11) is 0. The molecule has 0 spiro atoms. The summed E-state index contributed by atoms with van der Waals surface area (Å²) in [6.45, 7) is 1.89. The molecule has 0 fully saturated rings. The number of hydrogen-bond acceptors (Lipinski definition) is 7. The molecular weight excluding hydrogens is 440 g/mol. The van der Waals surface area contributed by atoms with E-state index in [4.69, 9.17) is 4.98 Å². The number of carbonyl (C=O) groups excluding carboxylic acids is 2. The summed E-state index contributed by atoms with van der Waals surface area (Å²) in [6, 6.07) is 23.3. The minimum absolute atomic E-state index is 0.00827. The number of nitrogens with zero attached hydrogens (tertiary/aromatic N) is 3. The first-order valence-corrected chi connectivity index (χ1v) is 11.7. The molecule has 2 aromatic carbocycles. The SMILES string of the molecule is CC(=O)NCc1ccc(C(=O)CSc2nnc(-c3ccccc3)c(-c3ccccc3)n2)s1. The minimum atomic E-state index is -0.0975. The van der Waals surface area contributed by atoms with Crippen LogP contribution in [0, 0.1) is 0 Å². The smallest absolute Gasteiger partial charge is 0.217 e. The van der Waals surface area contributed by atoms with Crippen molar-refractivity contribution in [2.45, 2.75) is 18.6 Å². The van der Waals surface area contributed by atoms with Gasteiger partial charge in [-0.05, 0) is 12.1 Å².